The minimum absolute atomic E-state index is 0.0000396. The molecule has 0 heterocycles. The lowest BCUT2D eigenvalue weighted by atomic mass is 9.90. The van der Waals surface area contributed by atoms with Crippen LogP contribution in [0.2, 0.25) is 0 Å². The molecule has 0 aromatic rings. The van der Waals surface area contributed by atoms with Gasteiger partial charge < -0.3 is 98.6 Å². The maximum absolute atomic E-state index is 12.5. The molecule has 0 aliphatic heterocycles. The maximum Gasteiger partial charge on any atom is 0.303 e. The first-order chi connectivity index (χ1) is 64.6. The van der Waals surface area contributed by atoms with Gasteiger partial charge in [-0.1, -0.05) is 235 Å². The predicted molar refractivity (Wildman–Crippen MR) is 577 cm³/mol. The van der Waals surface area contributed by atoms with Gasteiger partial charge >= 0.3 is 17.9 Å². The Kier molecular flexibility index (Phi) is 84.3. The van der Waals surface area contributed by atoms with Crippen molar-refractivity contribution < 1.29 is 106 Å². The minimum Gasteiger partial charge on any atom is -0.481 e. The molecule has 0 aliphatic rings. The van der Waals surface area contributed by atoms with Crippen molar-refractivity contribution in [2.24, 2.45) is 54.1 Å². The molecule has 0 fully saturated rings. The molecule has 828 valence electrons. The molecule has 13 amide bonds. The highest BCUT2D eigenvalue weighted by Gasteiger charge is 2.28. The second kappa shape index (κ2) is 81.0. The van der Waals surface area contributed by atoms with E-state index in [0.717, 1.165) is 41.6 Å². The molecule has 0 spiro atoms. The molecule has 16 N–H and O–H groups in total. The van der Waals surface area contributed by atoms with Crippen molar-refractivity contribution in [2.45, 2.75) is 350 Å². The fraction of sp³-hybridized carbons (Fsp3) is 0.843. The fourth-order valence-electron chi connectivity index (χ4n) is 10.4. The summed E-state index contributed by atoms with van der Waals surface area (Å²) in [5.41, 5.74) is 0.649. The second-order valence-electron chi connectivity index (χ2n) is 45.9. The van der Waals surface area contributed by atoms with Gasteiger partial charge in [-0.3, -0.25) is 76.7 Å². The maximum atomic E-state index is 12.5. The van der Waals surface area contributed by atoms with Crippen molar-refractivity contribution in [2.75, 3.05) is 151 Å². The molecule has 0 saturated heterocycles. The van der Waals surface area contributed by atoms with Gasteiger partial charge in [-0.05, 0) is 90.0 Å². The third-order valence-corrected chi connectivity index (χ3v) is 23.4. The normalized spacial score (nSPS) is 12.2. The Hall–Kier alpha value is -7.20. The Labute approximate surface area is 867 Å². The molecule has 39 heteroatoms. The number of thioether (sulfide) groups is 4. The van der Waals surface area contributed by atoms with E-state index in [9.17, 15) is 76.7 Å². The molecule has 0 unspecified atom stereocenters. The van der Waals surface area contributed by atoms with Gasteiger partial charge in [0.05, 0.1) is 58.9 Å². The first-order valence-corrected chi connectivity index (χ1v) is 54.5. The highest BCUT2D eigenvalue weighted by atomic mass is 32.2. The summed E-state index contributed by atoms with van der Waals surface area (Å²) in [5, 5.41) is 61.9. The number of carboxylic acid groups (broad SMARTS) is 3. The summed E-state index contributed by atoms with van der Waals surface area (Å²) >= 11 is 6.48. The van der Waals surface area contributed by atoms with E-state index < -0.39 is 53.8 Å². The summed E-state index contributed by atoms with van der Waals surface area (Å²) in [6, 6.07) is -2.26. The van der Waals surface area contributed by atoms with Crippen LogP contribution in [0.4, 0.5) is 0 Å². The zero-order valence-corrected chi connectivity index (χ0v) is 96.8. The van der Waals surface area contributed by atoms with Crippen molar-refractivity contribution >= 4 is 142 Å². The zero-order chi connectivity index (χ0) is 111. The Balaban J connectivity index is -0.000000318. The molecule has 0 aromatic heterocycles. The van der Waals surface area contributed by atoms with Gasteiger partial charge in [-0.25, -0.2) is 0 Å². The van der Waals surface area contributed by atoms with Crippen molar-refractivity contribution in [3.8, 4) is 0 Å². The van der Waals surface area contributed by atoms with Crippen LogP contribution < -0.4 is 69.1 Å². The molecule has 141 heavy (non-hydrogen) atoms. The van der Waals surface area contributed by atoms with Crippen LogP contribution in [0.1, 0.15) is 332 Å². The number of nitrogens with one attached hydrogen (secondary N) is 13. The van der Waals surface area contributed by atoms with E-state index in [1.165, 1.54) is 0 Å². The van der Waals surface area contributed by atoms with Crippen molar-refractivity contribution in [1.82, 2.24) is 69.1 Å². The summed E-state index contributed by atoms with van der Waals surface area (Å²) in [6.07, 6.45) is 3.79. The van der Waals surface area contributed by atoms with E-state index in [1.807, 2.05) is 123 Å². The fourth-order valence-corrected chi connectivity index (χ4v) is 15.1. The molecular weight excluding hydrogens is 1890 g/mol. The van der Waals surface area contributed by atoms with Gasteiger partial charge in [-0.2, -0.15) is 47.0 Å². The quantitative estimate of drug-likeness (QED) is 0.0251. The second-order valence-corrected chi connectivity index (χ2v) is 50.1. The van der Waals surface area contributed by atoms with Gasteiger partial charge in [0.2, 0.25) is 76.8 Å². The summed E-state index contributed by atoms with van der Waals surface area (Å²) in [7, 11) is 0. The monoisotopic (exact) mass is 2090 g/mol. The number of hydrogen-bond donors (Lipinski definition) is 16. The van der Waals surface area contributed by atoms with E-state index in [1.54, 1.807) is 35.3 Å². The van der Waals surface area contributed by atoms with E-state index >= 15 is 0 Å². The van der Waals surface area contributed by atoms with Crippen LogP contribution in [0.25, 0.3) is 0 Å². The first-order valence-electron chi connectivity index (χ1n) is 49.9. The van der Waals surface area contributed by atoms with Gasteiger partial charge in [0.15, 0.2) is 0 Å². The van der Waals surface area contributed by atoms with Crippen LogP contribution in [-0.2, 0) is 90.9 Å². The largest absolute Gasteiger partial charge is 0.481 e. The molecule has 0 radical (unpaired) electrons. The molecule has 35 nitrogen and oxygen atoms in total. The van der Waals surface area contributed by atoms with E-state index in [0.29, 0.717) is 140 Å². The minimum atomic E-state index is -1.06. The van der Waals surface area contributed by atoms with E-state index in [4.69, 9.17) is 29.5 Å². The lowest BCUT2D eigenvalue weighted by molar-refractivity contribution is -0.139. The Morgan fingerprint density at radius 3 is 0.631 bits per heavy atom. The van der Waals surface area contributed by atoms with Crippen LogP contribution in [-0.4, -0.2) is 279 Å². The lowest BCUT2D eigenvalue weighted by Gasteiger charge is -2.22. The van der Waals surface area contributed by atoms with E-state index in [2.05, 4.69) is 194 Å². The van der Waals surface area contributed by atoms with Crippen LogP contribution >= 0.6 is 47.0 Å². The number of ether oxygens (including phenoxy) is 3. The van der Waals surface area contributed by atoms with Gasteiger partial charge in [0, 0.05) is 153 Å². The summed E-state index contributed by atoms with van der Waals surface area (Å²) in [6.45, 7) is 76.1. The van der Waals surface area contributed by atoms with Crippen LogP contribution in [0.15, 0.2) is 0 Å². The summed E-state index contributed by atoms with van der Waals surface area (Å²) < 4.78 is 16.3. The molecule has 3 atom stereocenters. The molecule has 0 aromatic carbocycles. The van der Waals surface area contributed by atoms with Gasteiger partial charge in [-0.15, -0.1) is 0 Å². The van der Waals surface area contributed by atoms with Crippen LogP contribution in [0.5, 0.6) is 0 Å². The topological polar surface area (TPSA) is 518 Å². The Morgan fingerprint density at radius 2 is 0.411 bits per heavy atom. The summed E-state index contributed by atoms with van der Waals surface area (Å²) in [5.74, 6) is 0.0180. The number of carbonyl (C=O) groups excluding carboxylic acids is 13. The number of amides is 13. The molecule has 0 rings (SSSR count). The predicted octanol–water partition coefficient (Wildman–Crippen LogP) is 13.1. The van der Waals surface area contributed by atoms with Crippen molar-refractivity contribution in [3.63, 3.8) is 0 Å². The zero-order valence-electron chi connectivity index (χ0n) is 93.5. The molecular formula is C102H199N13O22S4. The van der Waals surface area contributed by atoms with Gasteiger partial charge in [0.1, 0.15) is 18.1 Å². The third-order valence-electron chi connectivity index (χ3n) is 17.0. The first kappa shape index (κ1) is 147. The number of rotatable bonds is 60. The third kappa shape index (κ3) is 121. The van der Waals surface area contributed by atoms with Crippen molar-refractivity contribution in [3.05, 3.63) is 0 Å². The van der Waals surface area contributed by atoms with Crippen molar-refractivity contribution in [1.29, 1.82) is 0 Å². The average Bonchev–Trinajstić information content (AvgIpc) is 0.912. The Morgan fingerprint density at radius 1 is 0.220 bits per heavy atom. The standard InChI is InChI=1S/2C22H41N3O6S.C20H37N3O5S.C19H38N2O3S.C15H30N2O2.2C2H6/c2*1-21(2,3)13-18(27)23-9-11-31-12-10-24-20(30)16(14-32-15-22(4,5)6)25-17(26)7-8-19(28)29;1-19(2,3)11-16(25)21-9-10-22-18(28)14(12-29-13-20(4,5)6)23-15(24)7-8-17(26)27;1-18(2,3)9-7-16(22)20-10-12-24-13-11-21-17(23)8-14-25-15-19(4,5)6;1-14(2,3)8-7-12(18)16-9-10-17-13(19)11-15(4,5)6;2*1-2/h2*16H,7-15H2,1-6H3,(H,23,27)(H,24,30)(H,25,26)(H,28,29);14H,7-13H2,1-6H3,(H,21,25)(H,22,28)(H,23,24)(H,26,27);7-15H2,1-6H3,(H,20,22)(H,21,23);7-11H2,1-6H3,(H,16,18)(H,17,19);2*1-2H3/t2*16-;14-;;;;/m000..../s1. The number of carboxylic acids is 3. The van der Waals surface area contributed by atoms with E-state index in [-0.39, 0.29) is 179 Å². The average molecular weight is 2090 g/mol. The number of carbonyl (C=O) groups is 16. The summed E-state index contributed by atoms with van der Waals surface area (Å²) in [4.78, 5) is 187. The Bertz CT molecular complexity index is 3400. The highest BCUT2D eigenvalue weighted by Crippen LogP contribution is 2.27. The molecule has 0 saturated carbocycles. The lowest BCUT2D eigenvalue weighted by Crippen LogP contribution is -2.49. The molecule has 0 aliphatic carbocycles. The van der Waals surface area contributed by atoms with Crippen LogP contribution in [0.3, 0.4) is 0 Å². The smallest absolute Gasteiger partial charge is 0.303 e. The molecule has 0 bridgehead atoms. The number of hydrogen-bond acceptors (Lipinski definition) is 23. The number of aliphatic carboxylic acids is 3. The van der Waals surface area contributed by atoms with Crippen LogP contribution in [0, 0.1) is 54.1 Å². The highest BCUT2D eigenvalue weighted by molar-refractivity contribution is 8.00. The SMILES string of the molecule is CC.CC.CC(C)(C)CCC(=O)NCCNC(=O)CC(C)(C)C.CC(C)(C)CCC(=O)NCCOCCNC(=O)CCSCC(C)(C)C.CC(C)(C)CSC[C@H](NC(=O)CCC(=O)O)C(=O)NCCNC(=O)CC(C)(C)C.CC(C)(C)CSC[C@H](NC(=O)CCC(=O)O)C(=O)NCCOCCNC(=O)CC(C)(C)C.CC(C)(C)CSC[C@H](NC(=O)CCC(=O)O)C(=O)NCCOCCNC(=O)CC(C)(C)C. The van der Waals surface area contributed by atoms with Gasteiger partial charge in [0.25, 0.3) is 0 Å².